The van der Waals surface area contributed by atoms with Crippen LogP contribution in [-0.4, -0.2) is 23.0 Å². The van der Waals surface area contributed by atoms with Gasteiger partial charge in [0.15, 0.2) is 0 Å². The molecule has 0 radical (unpaired) electrons. The normalized spacial score (nSPS) is 12.8. The van der Waals surface area contributed by atoms with E-state index in [4.69, 9.17) is 0 Å². The van der Waals surface area contributed by atoms with Crippen molar-refractivity contribution in [2.45, 2.75) is 19.5 Å². The van der Waals surface area contributed by atoms with Crippen molar-refractivity contribution in [2.24, 2.45) is 0 Å². The molecule has 1 unspecified atom stereocenters. The molecule has 0 aliphatic rings. The highest BCUT2D eigenvalue weighted by atomic mass is 32.2. The highest BCUT2D eigenvalue weighted by Gasteiger charge is 2.01. The molecule has 0 aliphatic carbocycles. The van der Waals surface area contributed by atoms with Gasteiger partial charge in [0.1, 0.15) is 5.82 Å². The zero-order valence-corrected chi connectivity index (χ0v) is 9.27. The maximum absolute atomic E-state index is 12.7. The van der Waals surface area contributed by atoms with Crippen LogP contribution in [0.4, 0.5) is 4.39 Å². The Labute approximate surface area is 88.3 Å². The second-order valence-electron chi connectivity index (χ2n) is 3.25. The largest absolute Gasteiger partial charge is 0.309 e. The van der Waals surface area contributed by atoms with Crippen molar-refractivity contribution in [1.82, 2.24) is 10.3 Å². The van der Waals surface area contributed by atoms with Gasteiger partial charge >= 0.3 is 0 Å². The minimum atomic E-state index is -0.276. The summed E-state index contributed by atoms with van der Waals surface area (Å²) in [4.78, 5) is 3.79. The predicted octanol–water partition coefficient (Wildman–Crippen LogP) is 2.06. The molecular weight excluding hydrogens is 199 g/mol. The van der Waals surface area contributed by atoms with Gasteiger partial charge in [0.25, 0.3) is 0 Å². The number of halogens is 1. The average Bonchev–Trinajstić information content (AvgIpc) is 2.15. The first kappa shape index (κ1) is 11.5. The first-order valence-corrected chi connectivity index (χ1v) is 5.93. The van der Waals surface area contributed by atoms with Gasteiger partial charge in [-0.25, -0.2) is 4.39 Å². The topological polar surface area (TPSA) is 24.9 Å². The van der Waals surface area contributed by atoms with E-state index in [9.17, 15) is 4.39 Å². The van der Waals surface area contributed by atoms with E-state index in [1.54, 1.807) is 18.0 Å². The van der Waals surface area contributed by atoms with Crippen LogP contribution in [0, 0.1) is 5.82 Å². The van der Waals surface area contributed by atoms with Gasteiger partial charge in [0.05, 0.1) is 6.20 Å². The van der Waals surface area contributed by atoms with Gasteiger partial charge in [-0.2, -0.15) is 11.8 Å². The summed E-state index contributed by atoms with van der Waals surface area (Å²) < 4.78 is 12.7. The first-order valence-electron chi connectivity index (χ1n) is 4.54. The van der Waals surface area contributed by atoms with E-state index < -0.39 is 0 Å². The van der Waals surface area contributed by atoms with Crippen LogP contribution in [0.3, 0.4) is 0 Å². The van der Waals surface area contributed by atoms with Crippen LogP contribution in [0.15, 0.2) is 18.5 Å². The number of nitrogens with zero attached hydrogens (tertiary/aromatic N) is 1. The summed E-state index contributed by atoms with van der Waals surface area (Å²) in [5.41, 5.74) is 0.887. The Kier molecular flexibility index (Phi) is 4.90. The lowest BCUT2D eigenvalue weighted by Gasteiger charge is -2.11. The molecule has 1 N–H and O–H groups in total. The molecule has 0 aliphatic heterocycles. The Morgan fingerprint density at radius 1 is 1.57 bits per heavy atom. The van der Waals surface area contributed by atoms with Crippen molar-refractivity contribution < 1.29 is 4.39 Å². The Morgan fingerprint density at radius 3 is 3.00 bits per heavy atom. The molecule has 1 aromatic rings. The maximum Gasteiger partial charge on any atom is 0.141 e. The van der Waals surface area contributed by atoms with E-state index in [1.807, 2.05) is 0 Å². The number of aromatic nitrogens is 1. The molecule has 0 spiro atoms. The van der Waals surface area contributed by atoms with Crippen molar-refractivity contribution in [3.05, 3.63) is 29.8 Å². The van der Waals surface area contributed by atoms with Crippen LogP contribution in [-0.2, 0) is 6.54 Å². The van der Waals surface area contributed by atoms with Crippen LogP contribution in [0.1, 0.15) is 12.5 Å². The summed E-state index contributed by atoms with van der Waals surface area (Å²) in [6.45, 7) is 2.79. The molecule has 0 saturated carbocycles. The van der Waals surface area contributed by atoms with Gasteiger partial charge < -0.3 is 5.32 Å². The van der Waals surface area contributed by atoms with Gasteiger partial charge in [-0.3, -0.25) is 4.98 Å². The molecule has 14 heavy (non-hydrogen) atoms. The Hall–Kier alpha value is -0.610. The molecule has 1 aromatic heterocycles. The molecule has 0 aromatic carbocycles. The molecule has 0 fully saturated rings. The standard InChI is InChI=1S/C10H15FN2S/c1-8(7-14-2)13-5-9-3-10(11)6-12-4-9/h3-4,6,8,13H,5,7H2,1-2H3. The molecule has 0 saturated heterocycles. The molecule has 1 heterocycles. The molecule has 2 nitrogen and oxygen atoms in total. The summed E-state index contributed by atoms with van der Waals surface area (Å²) in [7, 11) is 0. The van der Waals surface area contributed by atoms with E-state index in [0.29, 0.717) is 12.6 Å². The molecular formula is C10H15FN2S. The van der Waals surface area contributed by atoms with Crippen molar-refractivity contribution in [1.29, 1.82) is 0 Å². The third kappa shape index (κ3) is 4.07. The first-order chi connectivity index (χ1) is 6.72. The van der Waals surface area contributed by atoms with Crippen LogP contribution >= 0.6 is 11.8 Å². The monoisotopic (exact) mass is 214 g/mol. The summed E-state index contributed by atoms with van der Waals surface area (Å²) in [6, 6.07) is 1.94. The number of hydrogen-bond donors (Lipinski definition) is 1. The lowest BCUT2D eigenvalue weighted by atomic mass is 10.2. The third-order valence-electron chi connectivity index (χ3n) is 1.83. The van der Waals surface area contributed by atoms with Gasteiger partial charge in [-0.05, 0) is 24.8 Å². The van der Waals surface area contributed by atoms with Gasteiger partial charge in [-0.15, -0.1) is 0 Å². The highest BCUT2D eigenvalue weighted by molar-refractivity contribution is 7.98. The molecule has 1 rings (SSSR count). The van der Waals surface area contributed by atoms with E-state index in [-0.39, 0.29) is 5.82 Å². The Bertz CT molecular complexity index is 281. The fraction of sp³-hybridized carbons (Fsp3) is 0.500. The zero-order valence-electron chi connectivity index (χ0n) is 8.46. The SMILES string of the molecule is CSCC(C)NCc1cncc(F)c1. The fourth-order valence-electron chi connectivity index (χ4n) is 1.15. The lowest BCUT2D eigenvalue weighted by Crippen LogP contribution is -2.27. The molecule has 78 valence electrons. The third-order valence-corrected chi connectivity index (χ3v) is 2.67. The van der Waals surface area contributed by atoms with E-state index in [0.717, 1.165) is 11.3 Å². The Morgan fingerprint density at radius 2 is 2.36 bits per heavy atom. The number of pyridine rings is 1. The predicted molar refractivity (Wildman–Crippen MR) is 58.9 cm³/mol. The maximum atomic E-state index is 12.7. The van der Waals surface area contributed by atoms with Crippen LogP contribution in [0.5, 0.6) is 0 Å². The van der Waals surface area contributed by atoms with Crippen molar-refractivity contribution >= 4 is 11.8 Å². The molecule has 4 heteroatoms. The minimum absolute atomic E-state index is 0.276. The number of hydrogen-bond acceptors (Lipinski definition) is 3. The second-order valence-corrected chi connectivity index (χ2v) is 4.16. The lowest BCUT2D eigenvalue weighted by molar-refractivity contribution is 0.583. The zero-order chi connectivity index (χ0) is 10.4. The molecule has 1 atom stereocenters. The van der Waals surface area contributed by atoms with E-state index in [1.165, 1.54) is 12.3 Å². The molecule has 0 bridgehead atoms. The summed E-state index contributed by atoms with van der Waals surface area (Å²) in [5, 5.41) is 3.30. The van der Waals surface area contributed by atoms with E-state index in [2.05, 4.69) is 23.5 Å². The summed E-state index contributed by atoms with van der Waals surface area (Å²) in [5.74, 6) is 0.782. The minimum Gasteiger partial charge on any atom is -0.309 e. The average molecular weight is 214 g/mol. The number of thioether (sulfide) groups is 1. The van der Waals surface area contributed by atoms with Gasteiger partial charge in [0, 0.05) is 24.5 Å². The van der Waals surface area contributed by atoms with Crippen LogP contribution in [0.25, 0.3) is 0 Å². The van der Waals surface area contributed by atoms with Crippen molar-refractivity contribution in [3.63, 3.8) is 0 Å². The number of nitrogens with one attached hydrogen (secondary N) is 1. The van der Waals surface area contributed by atoms with Crippen molar-refractivity contribution in [2.75, 3.05) is 12.0 Å². The fourth-order valence-corrected chi connectivity index (χ4v) is 1.77. The van der Waals surface area contributed by atoms with Gasteiger partial charge in [-0.1, -0.05) is 0 Å². The quantitative estimate of drug-likeness (QED) is 0.812. The Balaban J connectivity index is 2.37. The van der Waals surface area contributed by atoms with Gasteiger partial charge in [0.2, 0.25) is 0 Å². The molecule has 0 amide bonds. The van der Waals surface area contributed by atoms with E-state index >= 15 is 0 Å². The van der Waals surface area contributed by atoms with Crippen LogP contribution in [0.2, 0.25) is 0 Å². The number of rotatable bonds is 5. The van der Waals surface area contributed by atoms with Crippen molar-refractivity contribution in [3.8, 4) is 0 Å². The second kappa shape index (κ2) is 5.98. The highest BCUT2D eigenvalue weighted by Crippen LogP contribution is 2.02. The summed E-state index contributed by atoms with van der Waals surface area (Å²) in [6.07, 6.45) is 4.97. The smallest absolute Gasteiger partial charge is 0.141 e. The van der Waals surface area contributed by atoms with Crippen LogP contribution < -0.4 is 5.32 Å². The summed E-state index contributed by atoms with van der Waals surface area (Å²) >= 11 is 1.80.